The summed E-state index contributed by atoms with van der Waals surface area (Å²) in [5, 5.41) is 17.0. The fourth-order valence-electron chi connectivity index (χ4n) is 1.82. The third-order valence-electron chi connectivity index (χ3n) is 3.19. The van der Waals surface area contributed by atoms with Gasteiger partial charge in [-0.3, -0.25) is 4.79 Å². The van der Waals surface area contributed by atoms with Crippen molar-refractivity contribution < 1.29 is 14.4 Å². The van der Waals surface area contributed by atoms with Crippen molar-refractivity contribution >= 4 is 17.5 Å². The van der Waals surface area contributed by atoms with Gasteiger partial charge >= 0.3 is 0 Å². The summed E-state index contributed by atoms with van der Waals surface area (Å²) in [5.41, 5.74) is 0.669. The number of benzene rings is 1. The molecule has 22 heavy (non-hydrogen) atoms. The van der Waals surface area contributed by atoms with E-state index < -0.39 is 6.10 Å². The second-order valence-electron chi connectivity index (χ2n) is 6.10. The maximum Gasteiger partial charge on any atom is 0.273 e. The molecule has 2 N–H and O–H groups in total. The van der Waals surface area contributed by atoms with E-state index in [1.165, 1.54) is 0 Å². The molecule has 1 heterocycles. The number of rotatable bonds is 4. The molecule has 2 rings (SSSR count). The van der Waals surface area contributed by atoms with Crippen molar-refractivity contribution in [2.45, 2.75) is 32.3 Å². The van der Waals surface area contributed by atoms with Crippen molar-refractivity contribution in [2.75, 3.05) is 6.54 Å². The van der Waals surface area contributed by atoms with Gasteiger partial charge in [-0.25, -0.2) is 0 Å². The Labute approximate surface area is 134 Å². The highest BCUT2D eigenvalue weighted by Gasteiger charge is 2.22. The average Bonchev–Trinajstić information content (AvgIpc) is 2.95. The van der Waals surface area contributed by atoms with Crippen LogP contribution in [-0.4, -0.2) is 22.7 Å². The number of carbonyl (C=O) groups excluding carboxylic acids is 1. The summed E-state index contributed by atoms with van der Waals surface area (Å²) in [5.74, 6) is 0.253. The molecule has 0 aliphatic rings. The number of hydrogen-bond acceptors (Lipinski definition) is 4. The van der Waals surface area contributed by atoms with Crippen molar-refractivity contribution in [3.63, 3.8) is 0 Å². The molecule has 1 unspecified atom stereocenters. The number of aliphatic hydroxyl groups is 1. The van der Waals surface area contributed by atoms with E-state index in [-0.39, 0.29) is 23.6 Å². The van der Waals surface area contributed by atoms with Gasteiger partial charge in [0.15, 0.2) is 5.69 Å². The molecule has 6 heteroatoms. The quantitative estimate of drug-likeness (QED) is 0.907. The molecule has 0 saturated carbocycles. The van der Waals surface area contributed by atoms with Crippen LogP contribution in [0.5, 0.6) is 0 Å². The lowest BCUT2D eigenvalue weighted by molar-refractivity contribution is 0.0907. The van der Waals surface area contributed by atoms with Crippen LogP contribution in [0, 0.1) is 0 Å². The van der Waals surface area contributed by atoms with Gasteiger partial charge in [0.25, 0.3) is 5.91 Å². The summed E-state index contributed by atoms with van der Waals surface area (Å²) in [6.07, 6.45) is -0.810. The summed E-state index contributed by atoms with van der Waals surface area (Å²) in [6.45, 7) is 6.00. The van der Waals surface area contributed by atoms with Gasteiger partial charge in [-0.05, 0) is 17.7 Å². The number of halogens is 1. The maximum absolute atomic E-state index is 12.0. The molecule has 0 fully saturated rings. The van der Waals surface area contributed by atoms with Crippen molar-refractivity contribution in [3.05, 3.63) is 52.4 Å². The van der Waals surface area contributed by atoms with E-state index in [0.717, 1.165) is 0 Å². The normalized spacial score (nSPS) is 13.0. The molecule has 0 spiro atoms. The monoisotopic (exact) mass is 322 g/mol. The van der Waals surface area contributed by atoms with Crippen LogP contribution in [0.1, 0.15) is 48.7 Å². The lowest BCUT2D eigenvalue weighted by Crippen LogP contribution is -2.28. The van der Waals surface area contributed by atoms with Gasteiger partial charge in [0.1, 0.15) is 5.76 Å². The maximum atomic E-state index is 12.0. The minimum atomic E-state index is -0.810. The van der Waals surface area contributed by atoms with Gasteiger partial charge in [0, 0.05) is 23.0 Å². The molecular weight excluding hydrogens is 304 g/mol. The van der Waals surface area contributed by atoms with Crippen molar-refractivity contribution in [3.8, 4) is 0 Å². The molecule has 0 aliphatic carbocycles. The van der Waals surface area contributed by atoms with E-state index in [2.05, 4.69) is 10.5 Å². The summed E-state index contributed by atoms with van der Waals surface area (Å²) in [4.78, 5) is 12.0. The first-order chi connectivity index (χ1) is 10.3. The second kappa shape index (κ2) is 6.50. The smallest absolute Gasteiger partial charge is 0.273 e. The summed E-state index contributed by atoms with van der Waals surface area (Å²) < 4.78 is 5.17. The fourth-order valence-corrected chi connectivity index (χ4v) is 1.94. The van der Waals surface area contributed by atoms with Crippen LogP contribution in [0.3, 0.4) is 0 Å². The predicted octanol–water partition coefficient (Wildman–Crippen LogP) is 3.09. The van der Waals surface area contributed by atoms with Crippen LogP contribution < -0.4 is 5.32 Å². The summed E-state index contributed by atoms with van der Waals surface area (Å²) in [6, 6.07) is 8.42. The van der Waals surface area contributed by atoms with Crippen molar-refractivity contribution in [1.82, 2.24) is 10.5 Å². The number of hydrogen-bond donors (Lipinski definition) is 2. The Morgan fingerprint density at radius 2 is 2.00 bits per heavy atom. The van der Waals surface area contributed by atoms with Gasteiger partial charge < -0.3 is 14.9 Å². The molecule has 0 aliphatic heterocycles. The molecule has 2 aromatic rings. The molecule has 118 valence electrons. The predicted molar refractivity (Wildman–Crippen MR) is 83.9 cm³/mol. The molecule has 1 aromatic carbocycles. The average molecular weight is 323 g/mol. The van der Waals surface area contributed by atoms with Crippen LogP contribution in [0.15, 0.2) is 34.9 Å². The number of aliphatic hydroxyl groups excluding tert-OH is 1. The topological polar surface area (TPSA) is 75.4 Å². The third kappa shape index (κ3) is 4.08. The first-order valence-corrected chi connectivity index (χ1v) is 7.34. The molecular formula is C16H19ClN2O3. The third-order valence-corrected chi connectivity index (χ3v) is 3.44. The van der Waals surface area contributed by atoms with Crippen LogP contribution in [-0.2, 0) is 5.41 Å². The molecule has 1 amide bonds. The van der Waals surface area contributed by atoms with Gasteiger partial charge in [0.05, 0.1) is 6.10 Å². The summed E-state index contributed by atoms with van der Waals surface area (Å²) >= 11 is 5.79. The Morgan fingerprint density at radius 1 is 1.36 bits per heavy atom. The molecule has 1 atom stereocenters. The Balaban J connectivity index is 1.95. The second-order valence-corrected chi connectivity index (χ2v) is 6.54. The first kappa shape index (κ1) is 16.5. The number of aromatic nitrogens is 1. The zero-order valence-corrected chi connectivity index (χ0v) is 13.5. The van der Waals surface area contributed by atoms with E-state index in [4.69, 9.17) is 16.1 Å². The number of amides is 1. The van der Waals surface area contributed by atoms with Gasteiger partial charge in [0.2, 0.25) is 0 Å². The van der Waals surface area contributed by atoms with Crippen LogP contribution >= 0.6 is 11.6 Å². The lowest BCUT2D eigenvalue weighted by Gasteiger charge is -2.12. The van der Waals surface area contributed by atoms with Crippen LogP contribution in [0.4, 0.5) is 0 Å². The largest absolute Gasteiger partial charge is 0.387 e. The van der Waals surface area contributed by atoms with Crippen molar-refractivity contribution in [1.29, 1.82) is 0 Å². The zero-order chi connectivity index (χ0) is 16.3. The van der Waals surface area contributed by atoms with Crippen molar-refractivity contribution in [2.24, 2.45) is 0 Å². The fraction of sp³-hybridized carbons (Fsp3) is 0.375. The van der Waals surface area contributed by atoms with Crippen LogP contribution in [0.2, 0.25) is 5.02 Å². The Bertz CT molecular complexity index is 644. The number of carbonyl (C=O) groups is 1. The van der Waals surface area contributed by atoms with Gasteiger partial charge in [-0.2, -0.15) is 0 Å². The highest BCUT2D eigenvalue weighted by atomic mass is 35.5. The number of nitrogens with one attached hydrogen (secondary N) is 1. The van der Waals surface area contributed by atoms with Gasteiger partial charge in [-0.1, -0.05) is 49.7 Å². The zero-order valence-electron chi connectivity index (χ0n) is 12.8. The van der Waals surface area contributed by atoms with E-state index in [1.807, 2.05) is 20.8 Å². The minimum Gasteiger partial charge on any atom is -0.387 e. The first-order valence-electron chi connectivity index (χ1n) is 6.96. The van der Waals surface area contributed by atoms with E-state index in [1.54, 1.807) is 30.3 Å². The van der Waals surface area contributed by atoms with E-state index in [0.29, 0.717) is 16.3 Å². The van der Waals surface area contributed by atoms with E-state index >= 15 is 0 Å². The number of nitrogens with zero attached hydrogens (tertiary/aromatic N) is 1. The summed E-state index contributed by atoms with van der Waals surface area (Å²) in [7, 11) is 0. The molecule has 0 bridgehead atoms. The standard InChI is InChI=1S/C16H19ClN2O3/c1-16(2,3)14-8-12(19-22-14)15(21)18-9-13(20)10-4-6-11(17)7-5-10/h4-8,13,20H,9H2,1-3H3,(H,18,21). The highest BCUT2D eigenvalue weighted by Crippen LogP contribution is 2.22. The Morgan fingerprint density at radius 3 is 2.55 bits per heavy atom. The lowest BCUT2D eigenvalue weighted by atomic mass is 9.93. The van der Waals surface area contributed by atoms with Gasteiger partial charge in [-0.15, -0.1) is 0 Å². The Hall–Kier alpha value is -1.85. The minimum absolute atomic E-state index is 0.0815. The SMILES string of the molecule is CC(C)(C)c1cc(C(=O)NCC(O)c2ccc(Cl)cc2)no1. The molecule has 5 nitrogen and oxygen atoms in total. The Kier molecular flexibility index (Phi) is 4.88. The molecule has 0 radical (unpaired) electrons. The molecule has 1 aromatic heterocycles. The highest BCUT2D eigenvalue weighted by molar-refractivity contribution is 6.30. The van der Waals surface area contributed by atoms with Crippen LogP contribution in [0.25, 0.3) is 0 Å². The molecule has 0 saturated heterocycles. The van der Waals surface area contributed by atoms with E-state index in [9.17, 15) is 9.90 Å².